The highest BCUT2D eigenvalue weighted by molar-refractivity contribution is 5.14. The fourth-order valence-electron chi connectivity index (χ4n) is 2.85. The molecule has 2 aromatic rings. The maximum absolute atomic E-state index is 5.81. The van der Waals surface area contributed by atoms with Gasteiger partial charge in [0.1, 0.15) is 0 Å². The van der Waals surface area contributed by atoms with Crippen molar-refractivity contribution in [1.29, 1.82) is 0 Å². The summed E-state index contributed by atoms with van der Waals surface area (Å²) in [6.07, 6.45) is 6.24. The molecule has 2 heteroatoms. The fourth-order valence-corrected chi connectivity index (χ4v) is 2.85. The molecule has 2 rings (SSSR count). The van der Waals surface area contributed by atoms with Crippen molar-refractivity contribution in [1.82, 2.24) is 0 Å². The number of ether oxygens (including phenoxy) is 2. The average Bonchev–Trinajstić information content (AvgIpc) is 2.65. The summed E-state index contributed by atoms with van der Waals surface area (Å²) in [5.74, 6) is 0.637. The second kappa shape index (κ2) is 12.7. The summed E-state index contributed by atoms with van der Waals surface area (Å²) in [6.45, 7) is 5.47. The van der Waals surface area contributed by atoms with Crippen LogP contribution >= 0.6 is 0 Å². The van der Waals surface area contributed by atoms with Crippen molar-refractivity contribution in [3.63, 3.8) is 0 Å². The minimum absolute atomic E-state index is 0.637. The Morgan fingerprint density at radius 2 is 1.24 bits per heavy atom. The van der Waals surface area contributed by atoms with Crippen LogP contribution in [-0.2, 0) is 22.7 Å². The Hall–Kier alpha value is -1.64. The van der Waals surface area contributed by atoms with Crippen molar-refractivity contribution in [2.24, 2.45) is 5.92 Å². The number of unbranched alkanes of at least 4 members (excludes halogenated alkanes) is 3. The summed E-state index contributed by atoms with van der Waals surface area (Å²) in [6, 6.07) is 20.8. The molecule has 0 aromatic heterocycles. The van der Waals surface area contributed by atoms with E-state index in [-0.39, 0.29) is 0 Å². The Balaban J connectivity index is 1.38. The van der Waals surface area contributed by atoms with Crippen molar-refractivity contribution < 1.29 is 9.47 Å². The van der Waals surface area contributed by atoms with Gasteiger partial charge in [0.25, 0.3) is 0 Å². The third-order valence-corrected chi connectivity index (χ3v) is 4.36. The van der Waals surface area contributed by atoms with E-state index in [1.54, 1.807) is 0 Å². The van der Waals surface area contributed by atoms with Gasteiger partial charge in [-0.1, -0.05) is 86.8 Å². The average molecular weight is 341 g/mol. The lowest BCUT2D eigenvalue weighted by molar-refractivity contribution is 0.0883. The Morgan fingerprint density at radius 1 is 0.680 bits per heavy atom. The van der Waals surface area contributed by atoms with E-state index in [0.717, 1.165) is 32.8 Å². The second-order valence-corrected chi connectivity index (χ2v) is 6.85. The van der Waals surface area contributed by atoms with Crippen molar-refractivity contribution in [3.05, 3.63) is 71.8 Å². The summed E-state index contributed by atoms with van der Waals surface area (Å²) in [5.41, 5.74) is 2.51. The van der Waals surface area contributed by atoms with Gasteiger partial charge < -0.3 is 9.47 Å². The minimum atomic E-state index is 0.637. The zero-order chi connectivity index (χ0) is 17.6. The Labute approximate surface area is 153 Å². The van der Waals surface area contributed by atoms with Gasteiger partial charge in [-0.3, -0.25) is 0 Å². The lowest BCUT2D eigenvalue weighted by Gasteiger charge is -2.12. The topological polar surface area (TPSA) is 18.5 Å². The van der Waals surface area contributed by atoms with Crippen LogP contribution in [0.15, 0.2) is 60.7 Å². The van der Waals surface area contributed by atoms with Crippen molar-refractivity contribution in [2.45, 2.75) is 52.2 Å². The highest BCUT2D eigenvalue weighted by Crippen LogP contribution is 2.12. The smallest absolute Gasteiger partial charge is 0.0717 e. The van der Waals surface area contributed by atoms with Gasteiger partial charge in [0, 0.05) is 13.2 Å². The molecule has 0 heterocycles. The molecule has 0 spiro atoms. The molecule has 25 heavy (non-hydrogen) atoms. The first kappa shape index (κ1) is 19.7. The minimum Gasteiger partial charge on any atom is -0.377 e. The van der Waals surface area contributed by atoms with Crippen LogP contribution in [0.4, 0.5) is 0 Å². The third-order valence-electron chi connectivity index (χ3n) is 4.36. The standard InChI is InChI=1S/C23H32O2/c1-21(18-25-20-23-15-9-5-10-16-23)12-6-2-3-11-17-24-19-22-13-7-4-8-14-22/h4-5,7-10,13-16,21H,2-3,6,11-12,17-20H2,1H3. The lowest BCUT2D eigenvalue weighted by atomic mass is 10.0. The van der Waals surface area contributed by atoms with Gasteiger partial charge in [-0.05, 0) is 29.9 Å². The largest absolute Gasteiger partial charge is 0.377 e. The normalized spacial score (nSPS) is 12.2. The highest BCUT2D eigenvalue weighted by atomic mass is 16.5. The van der Waals surface area contributed by atoms with Crippen molar-refractivity contribution >= 4 is 0 Å². The maximum Gasteiger partial charge on any atom is 0.0717 e. The Kier molecular flexibility index (Phi) is 9.99. The van der Waals surface area contributed by atoms with E-state index in [9.17, 15) is 0 Å². The molecule has 0 saturated heterocycles. The van der Waals surface area contributed by atoms with Crippen LogP contribution in [0.1, 0.15) is 50.2 Å². The fraction of sp³-hybridized carbons (Fsp3) is 0.478. The van der Waals surface area contributed by atoms with E-state index in [4.69, 9.17) is 9.47 Å². The number of rotatable bonds is 13. The molecule has 0 saturated carbocycles. The molecule has 1 unspecified atom stereocenters. The zero-order valence-electron chi connectivity index (χ0n) is 15.5. The van der Waals surface area contributed by atoms with Gasteiger partial charge in [-0.15, -0.1) is 0 Å². The molecular formula is C23H32O2. The summed E-state index contributed by atoms with van der Waals surface area (Å²) in [4.78, 5) is 0. The summed E-state index contributed by atoms with van der Waals surface area (Å²) < 4.78 is 11.5. The first-order valence-corrected chi connectivity index (χ1v) is 9.58. The van der Waals surface area contributed by atoms with Gasteiger partial charge in [-0.2, -0.15) is 0 Å². The number of hydrogen-bond acceptors (Lipinski definition) is 2. The van der Waals surface area contributed by atoms with Crippen molar-refractivity contribution in [2.75, 3.05) is 13.2 Å². The van der Waals surface area contributed by atoms with Gasteiger partial charge in [0.05, 0.1) is 13.2 Å². The van der Waals surface area contributed by atoms with Crippen LogP contribution < -0.4 is 0 Å². The van der Waals surface area contributed by atoms with Crippen molar-refractivity contribution in [3.8, 4) is 0 Å². The molecule has 0 aliphatic carbocycles. The predicted molar refractivity (Wildman–Crippen MR) is 104 cm³/mol. The molecule has 0 N–H and O–H groups in total. The van der Waals surface area contributed by atoms with Gasteiger partial charge in [0.2, 0.25) is 0 Å². The quantitative estimate of drug-likeness (QED) is 0.416. The number of hydrogen-bond donors (Lipinski definition) is 0. The Bertz CT molecular complexity index is 539. The van der Waals surface area contributed by atoms with E-state index < -0.39 is 0 Å². The van der Waals surface area contributed by atoms with Crippen LogP contribution in [0.3, 0.4) is 0 Å². The lowest BCUT2D eigenvalue weighted by Crippen LogP contribution is -2.06. The summed E-state index contributed by atoms with van der Waals surface area (Å²) in [5, 5.41) is 0. The molecule has 136 valence electrons. The SMILES string of the molecule is CC(CCCCCCOCc1ccccc1)COCc1ccccc1. The molecule has 1 atom stereocenters. The second-order valence-electron chi connectivity index (χ2n) is 6.85. The van der Waals surface area contributed by atoms with E-state index in [1.165, 1.54) is 36.8 Å². The predicted octanol–water partition coefficient (Wildman–Crippen LogP) is 6.01. The molecule has 0 fully saturated rings. The van der Waals surface area contributed by atoms with Gasteiger partial charge in [-0.25, -0.2) is 0 Å². The molecule has 0 amide bonds. The van der Waals surface area contributed by atoms with Crippen LogP contribution in [0.25, 0.3) is 0 Å². The third kappa shape index (κ3) is 9.42. The van der Waals surface area contributed by atoms with Gasteiger partial charge >= 0.3 is 0 Å². The summed E-state index contributed by atoms with van der Waals surface area (Å²) >= 11 is 0. The maximum atomic E-state index is 5.81. The highest BCUT2D eigenvalue weighted by Gasteiger charge is 2.03. The molecule has 0 radical (unpaired) electrons. The van der Waals surface area contributed by atoms with E-state index in [2.05, 4.69) is 55.5 Å². The van der Waals surface area contributed by atoms with E-state index >= 15 is 0 Å². The van der Waals surface area contributed by atoms with Crippen LogP contribution in [0, 0.1) is 5.92 Å². The molecule has 0 bridgehead atoms. The molecule has 0 aliphatic rings. The molecule has 2 aromatic carbocycles. The van der Waals surface area contributed by atoms with E-state index in [1.807, 2.05) is 12.1 Å². The number of benzene rings is 2. The zero-order valence-corrected chi connectivity index (χ0v) is 15.5. The Morgan fingerprint density at radius 3 is 1.88 bits per heavy atom. The first-order chi connectivity index (χ1) is 12.3. The van der Waals surface area contributed by atoms with Crippen LogP contribution in [0.2, 0.25) is 0 Å². The molecule has 0 aliphatic heterocycles. The first-order valence-electron chi connectivity index (χ1n) is 9.58. The van der Waals surface area contributed by atoms with Crippen LogP contribution in [-0.4, -0.2) is 13.2 Å². The molecule has 2 nitrogen and oxygen atoms in total. The van der Waals surface area contributed by atoms with E-state index in [0.29, 0.717) is 5.92 Å². The monoisotopic (exact) mass is 340 g/mol. The summed E-state index contributed by atoms with van der Waals surface area (Å²) in [7, 11) is 0. The molecular weight excluding hydrogens is 308 g/mol. The van der Waals surface area contributed by atoms with Gasteiger partial charge in [0.15, 0.2) is 0 Å². The van der Waals surface area contributed by atoms with Crippen LogP contribution in [0.5, 0.6) is 0 Å².